The van der Waals surface area contributed by atoms with E-state index in [0.717, 1.165) is 27.8 Å². The zero-order valence-corrected chi connectivity index (χ0v) is 36.7. The first-order valence-corrected chi connectivity index (χ1v) is 21.9. The highest BCUT2D eigenvalue weighted by atomic mass is 32.1. The molecule has 0 bridgehead atoms. The summed E-state index contributed by atoms with van der Waals surface area (Å²) in [6.07, 6.45) is 1.39. The van der Waals surface area contributed by atoms with Gasteiger partial charge in [0.05, 0.1) is 13.2 Å². The van der Waals surface area contributed by atoms with E-state index >= 15 is 0 Å². The molecule has 0 aliphatic heterocycles. The zero-order chi connectivity index (χ0) is 43.6. The van der Waals surface area contributed by atoms with Gasteiger partial charge in [-0.2, -0.15) is 0 Å². The van der Waals surface area contributed by atoms with Crippen molar-refractivity contribution in [1.82, 2.24) is 10.6 Å². The second kappa shape index (κ2) is 27.0. The third kappa shape index (κ3) is 17.5. The number of hydrogen-bond donors (Lipinski definition) is 2. The Morgan fingerprint density at radius 1 is 0.548 bits per heavy atom. The lowest BCUT2D eigenvalue weighted by Gasteiger charge is -2.22. The van der Waals surface area contributed by atoms with E-state index in [1.54, 1.807) is 6.07 Å². The highest BCUT2D eigenvalue weighted by Gasteiger charge is 2.24. The Morgan fingerprint density at radius 3 is 1.47 bits per heavy atom. The van der Waals surface area contributed by atoms with E-state index in [-0.39, 0.29) is 51.2 Å². The van der Waals surface area contributed by atoms with Gasteiger partial charge in [-0.1, -0.05) is 178 Å². The fourth-order valence-corrected chi connectivity index (χ4v) is 6.80. The van der Waals surface area contributed by atoms with Crippen molar-refractivity contribution in [3.63, 3.8) is 0 Å². The molecule has 0 saturated heterocycles. The maximum atomic E-state index is 13.7. The van der Waals surface area contributed by atoms with Crippen LogP contribution in [0.3, 0.4) is 0 Å². The van der Waals surface area contributed by atoms with Crippen molar-refractivity contribution in [3.8, 4) is 11.5 Å². The second-order valence-electron chi connectivity index (χ2n) is 13.9. The molecule has 1 amide bonds. The van der Waals surface area contributed by atoms with Gasteiger partial charge in [0.1, 0.15) is 32.4 Å². The molecule has 6 aromatic carbocycles. The predicted molar refractivity (Wildman–Crippen MR) is 247 cm³/mol. The van der Waals surface area contributed by atoms with Crippen LogP contribution in [0.25, 0.3) is 0 Å². The molecule has 0 saturated carbocycles. The zero-order valence-electron chi connectivity index (χ0n) is 35.0. The molecule has 0 heterocycles. The third-order valence-electron chi connectivity index (χ3n) is 8.69. The number of amides is 1. The number of thiocarbonyl (C=S) groups is 1. The molecule has 0 aliphatic rings. The average molecular weight is 873 g/mol. The molecular weight excluding hydrogens is 820 g/mol. The first kappa shape index (κ1) is 47.0. The summed E-state index contributed by atoms with van der Waals surface area (Å²) in [5, 5.41) is 5.76. The Morgan fingerprint density at radius 2 is 0.984 bits per heavy atom. The number of hydrogen-bond acceptors (Lipinski definition) is 9. The number of carbonyl (C=O) groups is 2. The molecule has 12 heteroatoms. The van der Waals surface area contributed by atoms with E-state index in [9.17, 15) is 9.59 Å². The highest BCUT2D eigenvalue weighted by molar-refractivity contribution is 7.80. The molecule has 6 aromatic rings. The van der Waals surface area contributed by atoms with Crippen LogP contribution in [-0.2, 0) is 67.6 Å². The van der Waals surface area contributed by atoms with Crippen molar-refractivity contribution in [2.75, 3.05) is 6.54 Å². The summed E-state index contributed by atoms with van der Waals surface area (Å²) in [6, 6.07) is 52.7. The quantitative estimate of drug-likeness (QED) is 0.0412. The Hall–Kier alpha value is -6.10. The average Bonchev–Trinajstić information content (AvgIpc) is 3.32. The molecule has 1 unspecified atom stereocenters. The van der Waals surface area contributed by atoms with Gasteiger partial charge in [-0.15, -0.1) is 0 Å². The Bertz CT molecular complexity index is 2160. The van der Waals surface area contributed by atoms with Gasteiger partial charge in [-0.05, 0) is 57.7 Å². The molecule has 0 fully saturated rings. The standard InChI is InChI=1S/C47H45N2O8PS.C3H8/c50-45(53-32-37-18-8-2-9-19-37)30-48-46(51)42(49-47(59)54-33-38-20-10-3-11-21-38)28-41-26-27-43(44(29-41)52-31-36-16-6-1-7-17-36)57-58(55-34-39-22-12-4-13-23-39)56-35-40-24-14-5-15-25-40;1-3-2/h1-27,29,42H,28,30-35H2,(H,48,51)(H,49,59);3H2,1-2H3. The Balaban J connectivity index is 0.00000235. The van der Waals surface area contributed by atoms with Crippen molar-refractivity contribution in [2.24, 2.45) is 0 Å². The lowest BCUT2D eigenvalue weighted by atomic mass is 10.0. The van der Waals surface area contributed by atoms with Crippen LogP contribution in [-0.4, -0.2) is 29.6 Å². The minimum Gasteiger partial charge on any atom is -0.485 e. The van der Waals surface area contributed by atoms with Crippen molar-refractivity contribution < 1.29 is 37.4 Å². The van der Waals surface area contributed by atoms with Crippen LogP contribution >= 0.6 is 20.8 Å². The first-order valence-electron chi connectivity index (χ1n) is 20.4. The van der Waals surface area contributed by atoms with Crippen molar-refractivity contribution in [1.29, 1.82) is 0 Å². The number of rotatable bonds is 21. The fourth-order valence-electron chi connectivity index (χ4n) is 5.60. The summed E-state index contributed by atoms with van der Waals surface area (Å²) in [4.78, 5) is 26.4. The van der Waals surface area contributed by atoms with Crippen molar-refractivity contribution in [2.45, 2.75) is 65.8 Å². The molecule has 0 radical (unpaired) electrons. The largest absolute Gasteiger partial charge is 0.485 e. The topological polar surface area (TPSA) is 114 Å². The Kier molecular flexibility index (Phi) is 20.4. The summed E-state index contributed by atoms with van der Waals surface area (Å²) in [6.45, 7) is 5.00. The SMILES string of the molecule is CCC.O=C(CNC(=O)C(Cc1ccc(OP(OCc2ccccc2)OCc2ccccc2)c(OCc2ccccc2)c1)NC(=S)OCc1ccccc1)OCc1ccccc1. The normalized spacial score (nSPS) is 11.0. The maximum Gasteiger partial charge on any atom is 0.398 e. The minimum atomic E-state index is -1.90. The molecule has 10 nitrogen and oxygen atoms in total. The first-order chi connectivity index (χ1) is 30.4. The number of esters is 1. The van der Waals surface area contributed by atoms with Crippen LogP contribution in [0.1, 0.15) is 53.6 Å². The van der Waals surface area contributed by atoms with Crippen LogP contribution in [0, 0.1) is 0 Å². The monoisotopic (exact) mass is 872 g/mol. The fraction of sp³-hybridized carbons (Fsp3) is 0.220. The minimum absolute atomic E-state index is 0.0259. The van der Waals surface area contributed by atoms with Gasteiger partial charge in [-0.3, -0.25) is 18.6 Å². The number of ether oxygens (including phenoxy) is 3. The summed E-state index contributed by atoms with van der Waals surface area (Å²) in [7, 11) is -1.90. The van der Waals surface area contributed by atoms with Crippen LogP contribution in [0.15, 0.2) is 170 Å². The highest BCUT2D eigenvalue weighted by Crippen LogP contribution is 2.46. The van der Waals surface area contributed by atoms with Gasteiger partial charge in [0.15, 0.2) is 11.5 Å². The van der Waals surface area contributed by atoms with Gasteiger partial charge >= 0.3 is 14.6 Å². The molecule has 6 rings (SSSR count). The van der Waals surface area contributed by atoms with Crippen molar-refractivity contribution in [3.05, 3.63) is 203 Å². The molecule has 0 spiro atoms. The molecule has 62 heavy (non-hydrogen) atoms. The van der Waals surface area contributed by atoms with Crippen LogP contribution in [0.5, 0.6) is 11.5 Å². The number of benzene rings is 6. The van der Waals surface area contributed by atoms with E-state index in [2.05, 4.69) is 24.5 Å². The summed E-state index contributed by atoms with van der Waals surface area (Å²) in [5.74, 6) is -0.250. The smallest absolute Gasteiger partial charge is 0.398 e. The maximum absolute atomic E-state index is 13.7. The van der Waals surface area contributed by atoms with Crippen LogP contribution in [0.2, 0.25) is 0 Å². The summed E-state index contributed by atoms with van der Waals surface area (Å²) >= 11 is 5.53. The molecule has 0 aromatic heterocycles. The van der Waals surface area contributed by atoms with Gasteiger partial charge in [-0.25, -0.2) is 0 Å². The predicted octanol–water partition coefficient (Wildman–Crippen LogP) is 10.6. The van der Waals surface area contributed by atoms with Crippen LogP contribution in [0.4, 0.5) is 0 Å². The Labute approximate surface area is 371 Å². The van der Waals surface area contributed by atoms with E-state index in [1.807, 2.05) is 164 Å². The van der Waals surface area contributed by atoms with Crippen LogP contribution < -0.4 is 19.9 Å². The second-order valence-corrected chi connectivity index (χ2v) is 15.4. The van der Waals surface area contributed by atoms with E-state index in [0.29, 0.717) is 17.1 Å². The van der Waals surface area contributed by atoms with E-state index in [4.69, 9.17) is 40.0 Å². The summed E-state index contributed by atoms with van der Waals surface area (Å²) < 4.78 is 36.5. The van der Waals surface area contributed by atoms with Crippen molar-refractivity contribution >= 4 is 37.9 Å². The van der Waals surface area contributed by atoms with Gasteiger partial charge in [0.25, 0.3) is 5.17 Å². The lowest BCUT2D eigenvalue weighted by Crippen LogP contribution is -2.49. The van der Waals surface area contributed by atoms with Gasteiger partial charge in [0, 0.05) is 6.42 Å². The molecule has 0 aliphatic carbocycles. The molecular formula is C50H53N2O8PS. The van der Waals surface area contributed by atoms with E-state index in [1.165, 1.54) is 6.42 Å². The molecule has 1 atom stereocenters. The molecule has 2 N–H and O–H groups in total. The summed E-state index contributed by atoms with van der Waals surface area (Å²) in [5.41, 5.74) is 5.35. The van der Waals surface area contributed by atoms with E-state index < -0.39 is 26.5 Å². The third-order valence-corrected chi connectivity index (χ3v) is 9.95. The van der Waals surface area contributed by atoms with Gasteiger partial charge < -0.3 is 29.4 Å². The number of nitrogens with one attached hydrogen (secondary N) is 2. The number of carbonyl (C=O) groups excluding carboxylic acids is 2. The van der Waals surface area contributed by atoms with Gasteiger partial charge in [0.2, 0.25) is 5.91 Å². The lowest BCUT2D eigenvalue weighted by molar-refractivity contribution is -0.145. The molecule has 322 valence electrons.